The maximum Gasteiger partial charge on any atom is 0.0638 e. The van der Waals surface area contributed by atoms with Gasteiger partial charge >= 0.3 is 0 Å². The highest BCUT2D eigenvalue weighted by Crippen LogP contribution is 2.25. The second kappa shape index (κ2) is 7.53. The third-order valence-electron chi connectivity index (χ3n) is 3.03. The molecular formula is C16H18Cl2N2. The standard InChI is InChI=1S/C16H18Cl2N2/c1-20(12-13-5-3-2-4-6-13)10-9-19-16-11-14(17)7-8-15(16)18/h2-8,11,19H,9-10,12H2,1H3. The van der Waals surface area contributed by atoms with E-state index in [0.29, 0.717) is 10.0 Å². The van der Waals surface area contributed by atoms with Crippen LogP contribution in [0.25, 0.3) is 0 Å². The van der Waals surface area contributed by atoms with E-state index in [-0.39, 0.29) is 0 Å². The van der Waals surface area contributed by atoms with Crippen LogP contribution in [0.5, 0.6) is 0 Å². The number of rotatable bonds is 6. The Kier molecular flexibility index (Phi) is 5.72. The van der Waals surface area contributed by atoms with Crippen molar-refractivity contribution in [2.45, 2.75) is 6.54 Å². The summed E-state index contributed by atoms with van der Waals surface area (Å²) in [5.41, 5.74) is 2.20. The van der Waals surface area contributed by atoms with Crippen molar-refractivity contribution in [2.75, 3.05) is 25.5 Å². The van der Waals surface area contributed by atoms with Crippen LogP contribution in [0, 0.1) is 0 Å². The van der Waals surface area contributed by atoms with Crippen LogP contribution in [0.3, 0.4) is 0 Å². The summed E-state index contributed by atoms with van der Waals surface area (Å²) >= 11 is 12.1. The van der Waals surface area contributed by atoms with Crippen LogP contribution in [0.15, 0.2) is 48.5 Å². The highest BCUT2D eigenvalue weighted by atomic mass is 35.5. The van der Waals surface area contributed by atoms with E-state index in [9.17, 15) is 0 Å². The number of nitrogens with zero attached hydrogens (tertiary/aromatic N) is 1. The number of hydrogen-bond donors (Lipinski definition) is 1. The fourth-order valence-electron chi connectivity index (χ4n) is 1.99. The van der Waals surface area contributed by atoms with E-state index in [0.717, 1.165) is 25.3 Å². The molecule has 0 heterocycles. The van der Waals surface area contributed by atoms with Crippen LogP contribution in [0.1, 0.15) is 5.56 Å². The molecule has 0 aliphatic carbocycles. The zero-order valence-corrected chi connectivity index (χ0v) is 13.0. The molecule has 0 aromatic heterocycles. The normalized spacial score (nSPS) is 10.8. The number of hydrogen-bond acceptors (Lipinski definition) is 2. The molecule has 4 heteroatoms. The summed E-state index contributed by atoms with van der Waals surface area (Å²) in [6.07, 6.45) is 0. The van der Waals surface area contributed by atoms with Crippen molar-refractivity contribution in [3.63, 3.8) is 0 Å². The van der Waals surface area contributed by atoms with Gasteiger partial charge in [-0.2, -0.15) is 0 Å². The van der Waals surface area contributed by atoms with Gasteiger partial charge in [-0.05, 0) is 30.8 Å². The first-order valence-corrected chi connectivity index (χ1v) is 7.32. The van der Waals surface area contributed by atoms with E-state index >= 15 is 0 Å². The first-order valence-electron chi connectivity index (χ1n) is 6.56. The lowest BCUT2D eigenvalue weighted by molar-refractivity contribution is 0.340. The third-order valence-corrected chi connectivity index (χ3v) is 3.60. The number of benzene rings is 2. The Bertz CT molecular complexity index is 543. The monoisotopic (exact) mass is 308 g/mol. The fraction of sp³-hybridized carbons (Fsp3) is 0.250. The summed E-state index contributed by atoms with van der Waals surface area (Å²) < 4.78 is 0. The Balaban J connectivity index is 1.79. The second-order valence-corrected chi connectivity index (χ2v) is 5.62. The van der Waals surface area contributed by atoms with Gasteiger partial charge in [-0.1, -0.05) is 53.5 Å². The van der Waals surface area contributed by atoms with Gasteiger partial charge in [0, 0.05) is 24.7 Å². The molecule has 0 radical (unpaired) electrons. The molecule has 20 heavy (non-hydrogen) atoms. The molecule has 0 fully saturated rings. The Morgan fingerprint density at radius 1 is 1.05 bits per heavy atom. The van der Waals surface area contributed by atoms with Crippen LogP contribution in [0.4, 0.5) is 5.69 Å². The molecule has 0 aliphatic heterocycles. The topological polar surface area (TPSA) is 15.3 Å². The highest BCUT2D eigenvalue weighted by Gasteiger charge is 2.03. The molecule has 2 aromatic rings. The van der Waals surface area contributed by atoms with E-state index in [1.165, 1.54) is 5.56 Å². The van der Waals surface area contributed by atoms with Gasteiger partial charge in [0.05, 0.1) is 10.7 Å². The molecule has 0 saturated carbocycles. The molecule has 2 nitrogen and oxygen atoms in total. The molecule has 0 unspecified atom stereocenters. The molecular weight excluding hydrogens is 291 g/mol. The average molecular weight is 309 g/mol. The van der Waals surface area contributed by atoms with E-state index in [2.05, 4.69) is 41.5 Å². The van der Waals surface area contributed by atoms with Gasteiger partial charge in [0.15, 0.2) is 0 Å². The smallest absolute Gasteiger partial charge is 0.0638 e. The lowest BCUT2D eigenvalue weighted by Gasteiger charge is -2.18. The molecule has 0 saturated heterocycles. The highest BCUT2D eigenvalue weighted by molar-refractivity contribution is 6.35. The molecule has 0 amide bonds. The van der Waals surface area contributed by atoms with E-state index in [4.69, 9.17) is 23.2 Å². The van der Waals surface area contributed by atoms with Gasteiger partial charge in [0.2, 0.25) is 0 Å². The van der Waals surface area contributed by atoms with Crippen molar-refractivity contribution in [3.8, 4) is 0 Å². The number of likely N-dealkylation sites (N-methyl/N-ethyl adjacent to an activating group) is 1. The summed E-state index contributed by atoms with van der Waals surface area (Å²) in [6, 6.07) is 15.9. The second-order valence-electron chi connectivity index (χ2n) is 4.77. The maximum absolute atomic E-state index is 6.11. The van der Waals surface area contributed by atoms with Crippen LogP contribution in [-0.4, -0.2) is 25.0 Å². The van der Waals surface area contributed by atoms with Crippen molar-refractivity contribution in [1.82, 2.24) is 4.90 Å². The Morgan fingerprint density at radius 3 is 2.55 bits per heavy atom. The van der Waals surface area contributed by atoms with E-state index in [1.807, 2.05) is 12.1 Å². The summed E-state index contributed by atoms with van der Waals surface area (Å²) in [5, 5.41) is 4.70. The first kappa shape index (κ1) is 15.2. The average Bonchev–Trinajstić information content (AvgIpc) is 2.44. The maximum atomic E-state index is 6.11. The zero-order valence-electron chi connectivity index (χ0n) is 11.4. The Hall–Kier alpha value is -1.22. The minimum Gasteiger partial charge on any atom is -0.383 e. The first-order chi connectivity index (χ1) is 9.65. The number of halogens is 2. The molecule has 1 N–H and O–H groups in total. The molecule has 0 bridgehead atoms. The van der Waals surface area contributed by atoms with Crippen LogP contribution >= 0.6 is 23.2 Å². The van der Waals surface area contributed by atoms with E-state index < -0.39 is 0 Å². The minimum atomic E-state index is 0.689. The van der Waals surface area contributed by atoms with Crippen molar-refractivity contribution >= 4 is 28.9 Å². The lowest BCUT2D eigenvalue weighted by Crippen LogP contribution is -2.24. The molecule has 2 rings (SSSR count). The van der Waals surface area contributed by atoms with Gasteiger partial charge in [-0.3, -0.25) is 0 Å². The van der Waals surface area contributed by atoms with Gasteiger partial charge in [0.25, 0.3) is 0 Å². The zero-order chi connectivity index (χ0) is 14.4. The van der Waals surface area contributed by atoms with Gasteiger partial charge in [0.1, 0.15) is 0 Å². The summed E-state index contributed by atoms with van der Waals surface area (Å²) in [4.78, 5) is 2.26. The van der Waals surface area contributed by atoms with Gasteiger partial charge < -0.3 is 10.2 Å². The van der Waals surface area contributed by atoms with Crippen molar-refractivity contribution in [1.29, 1.82) is 0 Å². The predicted molar refractivity (Wildman–Crippen MR) is 87.7 cm³/mol. The van der Waals surface area contributed by atoms with Crippen molar-refractivity contribution in [2.24, 2.45) is 0 Å². The van der Waals surface area contributed by atoms with Gasteiger partial charge in [-0.15, -0.1) is 0 Å². The lowest BCUT2D eigenvalue weighted by atomic mass is 10.2. The Morgan fingerprint density at radius 2 is 1.80 bits per heavy atom. The summed E-state index contributed by atoms with van der Waals surface area (Å²) in [7, 11) is 2.11. The largest absolute Gasteiger partial charge is 0.383 e. The quantitative estimate of drug-likeness (QED) is 0.843. The van der Waals surface area contributed by atoms with Crippen LogP contribution < -0.4 is 5.32 Å². The molecule has 0 aliphatic rings. The minimum absolute atomic E-state index is 0.689. The van der Waals surface area contributed by atoms with Crippen LogP contribution in [-0.2, 0) is 6.54 Å². The predicted octanol–water partition coefficient (Wildman–Crippen LogP) is 4.54. The fourth-order valence-corrected chi connectivity index (χ4v) is 2.35. The Labute approximate surface area is 130 Å². The van der Waals surface area contributed by atoms with E-state index in [1.54, 1.807) is 12.1 Å². The summed E-state index contributed by atoms with van der Waals surface area (Å²) in [6.45, 7) is 2.69. The summed E-state index contributed by atoms with van der Waals surface area (Å²) in [5.74, 6) is 0. The molecule has 0 atom stereocenters. The molecule has 0 spiro atoms. The van der Waals surface area contributed by atoms with Crippen LogP contribution in [0.2, 0.25) is 10.0 Å². The molecule has 106 valence electrons. The molecule has 2 aromatic carbocycles. The number of nitrogens with one attached hydrogen (secondary N) is 1. The van der Waals surface area contributed by atoms with Crippen molar-refractivity contribution < 1.29 is 0 Å². The number of anilines is 1. The van der Waals surface area contributed by atoms with Crippen molar-refractivity contribution in [3.05, 3.63) is 64.1 Å². The SMILES string of the molecule is CN(CCNc1cc(Cl)ccc1Cl)Cc1ccccc1. The third kappa shape index (κ3) is 4.71. The van der Waals surface area contributed by atoms with Gasteiger partial charge in [-0.25, -0.2) is 0 Å².